The Morgan fingerprint density at radius 1 is 1.29 bits per heavy atom. The van der Waals surface area contributed by atoms with Crippen LogP contribution in [-0.4, -0.2) is 29.8 Å². The van der Waals surface area contributed by atoms with Gasteiger partial charge in [-0.05, 0) is 38.8 Å². The van der Waals surface area contributed by atoms with Crippen LogP contribution < -0.4 is 10.2 Å². The van der Waals surface area contributed by atoms with Crippen LogP contribution in [-0.2, 0) is 5.75 Å². The third kappa shape index (κ3) is 3.58. The second-order valence-electron chi connectivity index (χ2n) is 6.20. The van der Waals surface area contributed by atoms with E-state index in [1.165, 1.54) is 22.4 Å². The standard InChI is InChI=1S/C16H23N3S2/c1-10-7-11(2)13(19(5)6)12(8-10)9-21-15-17-14(20)16(3,4)18-15/h7-8H,9H2,1-6H3,(H,17,18,20). The van der Waals surface area contributed by atoms with E-state index < -0.39 is 0 Å². The molecule has 5 heteroatoms. The highest BCUT2D eigenvalue weighted by atomic mass is 32.2. The monoisotopic (exact) mass is 321 g/mol. The molecule has 0 saturated heterocycles. The SMILES string of the molecule is Cc1cc(C)c(N(C)C)c(CSC2=NC(C)(C)C(=S)N2)c1. The highest BCUT2D eigenvalue weighted by molar-refractivity contribution is 8.13. The second kappa shape index (κ2) is 5.97. The number of thiocarbonyl (C=S) groups is 1. The third-order valence-electron chi connectivity index (χ3n) is 3.49. The van der Waals surface area contributed by atoms with Gasteiger partial charge in [0.05, 0.1) is 0 Å². The van der Waals surface area contributed by atoms with Gasteiger partial charge in [0.1, 0.15) is 10.5 Å². The van der Waals surface area contributed by atoms with Crippen molar-refractivity contribution < 1.29 is 0 Å². The number of amidine groups is 1. The molecule has 1 N–H and O–H groups in total. The Labute approximate surface area is 137 Å². The van der Waals surface area contributed by atoms with Gasteiger partial charge in [0, 0.05) is 25.5 Å². The Hall–Kier alpha value is -1.07. The number of aliphatic imine (C=N–C) groups is 1. The van der Waals surface area contributed by atoms with Crippen LogP contribution in [0.5, 0.6) is 0 Å². The zero-order valence-electron chi connectivity index (χ0n) is 13.6. The normalized spacial score (nSPS) is 16.7. The Morgan fingerprint density at radius 3 is 2.48 bits per heavy atom. The molecule has 1 heterocycles. The predicted octanol–water partition coefficient (Wildman–Crippen LogP) is 3.67. The number of hydrogen-bond donors (Lipinski definition) is 1. The summed E-state index contributed by atoms with van der Waals surface area (Å²) in [7, 11) is 4.19. The molecule has 21 heavy (non-hydrogen) atoms. The molecule has 1 aliphatic heterocycles. The molecule has 0 atom stereocenters. The quantitative estimate of drug-likeness (QED) is 0.860. The first kappa shape index (κ1) is 16.3. The average Bonchev–Trinajstić information content (AvgIpc) is 2.59. The van der Waals surface area contributed by atoms with Crippen LogP contribution in [0.1, 0.15) is 30.5 Å². The number of hydrogen-bond acceptors (Lipinski definition) is 4. The van der Waals surface area contributed by atoms with Gasteiger partial charge in [-0.25, -0.2) is 4.99 Å². The highest BCUT2D eigenvalue weighted by Crippen LogP contribution is 2.30. The summed E-state index contributed by atoms with van der Waals surface area (Å²) in [4.78, 5) is 7.64. The molecule has 0 radical (unpaired) electrons. The molecule has 1 aromatic carbocycles. The van der Waals surface area contributed by atoms with Gasteiger partial charge in [-0.2, -0.15) is 0 Å². The van der Waals surface area contributed by atoms with E-state index in [2.05, 4.69) is 55.3 Å². The van der Waals surface area contributed by atoms with Gasteiger partial charge in [0.2, 0.25) is 0 Å². The maximum Gasteiger partial charge on any atom is 0.162 e. The summed E-state index contributed by atoms with van der Waals surface area (Å²) in [6.07, 6.45) is 0. The Kier molecular flexibility index (Phi) is 4.63. The fourth-order valence-corrected chi connectivity index (χ4v) is 3.78. The van der Waals surface area contributed by atoms with E-state index in [1.54, 1.807) is 11.8 Å². The highest BCUT2D eigenvalue weighted by Gasteiger charge is 2.30. The first-order valence-electron chi connectivity index (χ1n) is 7.02. The number of benzene rings is 1. The molecule has 0 spiro atoms. The lowest BCUT2D eigenvalue weighted by Gasteiger charge is -2.21. The molecule has 0 aliphatic carbocycles. The van der Waals surface area contributed by atoms with Crippen molar-refractivity contribution in [1.29, 1.82) is 0 Å². The number of aryl methyl sites for hydroxylation is 2. The summed E-state index contributed by atoms with van der Waals surface area (Å²) in [6, 6.07) is 4.49. The Bertz CT molecular complexity index is 604. The van der Waals surface area contributed by atoms with Gasteiger partial charge in [0.15, 0.2) is 5.17 Å². The molecular weight excluding hydrogens is 298 g/mol. The van der Waals surface area contributed by atoms with Gasteiger partial charge in [0.25, 0.3) is 0 Å². The molecule has 1 aliphatic rings. The minimum Gasteiger partial charge on any atom is -0.377 e. The van der Waals surface area contributed by atoms with Crippen LogP contribution in [0.15, 0.2) is 17.1 Å². The van der Waals surface area contributed by atoms with E-state index in [9.17, 15) is 0 Å². The Balaban J connectivity index is 2.20. The number of anilines is 1. The average molecular weight is 322 g/mol. The maximum absolute atomic E-state index is 5.32. The van der Waals surface area contributed by atoms with E-state index in [4.69, 9.17) is 12.2 Å². The van der Waals surface area contributed by atoms with E-state index in [-0.39, 0.29) is 5.54 Å². The fourth-order valence-electron chi connectivity index (χ4n) is 2.60. The smallest absolute Gasteiger partial charge is 0.162 e. The van der Waals surface area contributed by atoms with Gasteiger partial charge >= 0.3 is 0 Å². The van der Waals surface area contributed by atoms with Crippen molar-refractivity contribution in [2.45, 2.75) is 39.0 Å². The van der Waals surface area contributed by atoms with Crippen molar-refractivity contribution in [3.63, 3.8) is 0 Å². The zero-order valence-corrected chi connectivity index (χ0v) is 15.2. The third-order valence-corrected chi connectivity index (χ3v) is 5.02. The van der Waals surface area contributed by atoms with Gasteiger partial charge in [-0.1, -0.05) is 41.7 Å². The molecule has 0 saturated carbocycles. The molecule has 0 aromatic heterocycles. The lowest BCUT2D eigenvalue weighted by molar-refractivity contribution is 0.723. The maximum atomic E-state index is 5.32. The lowest BCUT2D eigenvalue weighted by atomic mass is 10.0. The number of thioether (sulfide) groups is 1. The van der Waals surface area contributed by atoms with Crippen LogP contribution in [0.25, 0.3) is 0 Å². The summed E-state index contributed by atoms with van der Waals surface area (Å²) in [5.41, 5.74) is 4.97. The molecule has 0 fully saturated rings. The molecule has 0 unspecified atom stereocenters. The van der Waals surface area contributed by atoms with E-state index in [0.29, 0.717) is 0 Å². The molecule has 3 nitrogen and oxygen atoms in total. The molecule has 114 valence electrons. The largest absolute Gasteiger partial charge is 0.377 e. The van der Waals surface area contributed by atoms with Gasteiger partial charge < -0.3 is 10.2 Å². The van der Waals surface area contributed by atoms with Crippen molar-refractivity contribution in [2.24, 2.45) is 4.99 Å². The van der Waals surface area contributed by atoms with Crippen molar-refractivity contribution >= 4 is 39.8 Å². The predicted molar refractivity (Wildman–Crippen MR) is 98.8 cm³/mol. The summed E-state index contributed by atoms with van der Waals surface area (Å²) in [6.45, 7) is 8.39. The summed E-state index contributed by atoms with van der Waals surface area (Å²) in [5, 5.41) is 4.15. The van der Waals surface area contributed by atoms with Crippen molar-refractivity contribution in [3.8, 4) is 0 Å². The van der Waals surface area contributed by atoms with E-state index in [1.807, 2.05) is 13.8 Å². The molecule has 2 rings (SSSR count). The van der Waals surface area contributed by atoms with Crippen LogP contribution in [0.3, 0.4) is 0 Å². The number of nitrogens with zero attached hydrogens (tertiary/aromatic N) is 2. The summed E-state index contributed by atoms with van der Waals surface area (Å²) >= 11 is 7.04. The molecular formula is C16H23N3S2. The molecule has 0 bridgehead atoms. The van der Waals surface area contributed by atoms with Crippen molar-refractivity contribution in [1.82, 2.24) is 5.32 Å². The van der Waals surface area contributed by atoms with E-state index >= 15 is 0 Å². The minimum atomic E-state index is -0.273. The Morgan fingerprint density at radius 2 is 1.95 bits per heavy atom. The zero-order chi connectivity index (χ0) is 15.8. The summed E-state index contributed by atoms with van der Waals surface area (Å²) in [5.74, 6) is 0.889. The van der Waals surface area contributed by atoms with Crippen molar-refractivity contribution in [2.75, 3.05) is 19.0 Å². The van der Waals surface area contributed by atoms with Crippen LogP contribution in [0, 0.1) is 13.8 Å². The first-order valence-corrected chi connectivity index (χ1v) is 8.41. The number of nitrogens with one attached hydrogen (secondary N) is 1. The van der Waals surface area contributed by atoms with Crippen LogP contribution in [0.2, 0.25) is 0 Å². The molecule has 0 amide bonds. The molecule has 1 aromatic rings. The van der Waals surface area contributed by atoms with Crippen LogP contribution in [0.4, 0.5) is 5.69 Å². The van der Waals surface area contributed by atoms with Crippen molar-refractivity contribution in [3.05, 3.63) is 28.8 Å². The first-order chi connectivity index (χ1) is 9.70. The lowest BCUT2D eigenvalue weighted by Crippen LogP contribution is -2.32. The second-order valence-corrected chi connectivity index (χ2v) is 7.58. The van der Waals surface area contributed by atoms with Crippen LogP contribution >= 0.6 is 24.0 Å². The topological polar surface area (TPSA) is 27.6 Å². The van der Waals surface area contributed by atoms with Gasteiger partial charge in [-0.15, -0.1) is 0 Å². The number of rotatable bonds is 3. The van der Waals surface area contributed by atoms with E-state index in [0.717, 1.165) is 15.9 Å². The fraction of sp³-hybridized carbons (Fsp3) is 0.500. The minimum absolute atomic E-state index is 0.273. The summed E-state index contributed by atoms with van der Waals surface area (Å²) < 4.78 is 0. The van der Waals surface area contributed by atoms with Gasteiger partial charge in [-0.3, -0.25) is 0 Å².